The Bertz CT molecular complexity index is 1360. The molecule has 31 heavy (non-hydrogen) atoms. The van der Waals surface area contributed by atoms with Crippen molar-refractivity contribution in [1.82, 2.24) is 30.2 Å². The fourth-order valence-electron chi connectivity index (χ4n) is 3.63. The number of rotatable bonds is 5. The lowest BCUT2D eigenvalue weighted by molar-refractivity contribution is 0.613. The van der Waals surface area contributed by atoms with E-state index in [4.69, 9.17) is 4.42 Å². The van der Waals surface area contributed by atoms with Crippen LogP contribution in [0.15, 0.2) is 65.5 Å². The van der Waals surface area contributed by atoms with Crippen LogP contribution in [-0.4, -0.2) is 30.2 Å². The fourth-order valence-corrected chi connectivity index (χ4v) is 3.63. The molecule has 0 aliphatic rings. The van der Waals surface area contributed by atoms with E-state index in [1.54, 1.807) is 17.3 Å². The van der Waals surface area contributed by atoms with Gasteiger partial charge in [-0.15, -0.1) is 5.10 Å². The first kappa shape index (κ1) is 18.9. The van der Waals surface area contributed by atoms with Crippen molar-refractivity contribution in [2.75, 3.05) is 5.32 Å². The molecule has 8 heteroatoms. The number of anilines is 1. The predicted molar refractivity (Wildman–Crippen MR) is 118 cm³/mol. The summed E-state index contributed by atoms with van der Waals surface area (Å²) < 4.78 is 7.20. The maximum atomic E-state index is 5.57. The molecular weight excluding hydrogens is 390 g/mol. The molecule has 0 amide bonds. The molecule has 8 nitrogen and oxygen atoms in total. The SMILES string of the molecule is Cc1nc(N[C@@H](C)c2cccc(-n3cnnn3)c2)cc(-c2ccc3occ(C)c3c2)n1. The average Bonchev–Trinajstić information content (AvgIpc) is 3.44. The molecule has 0 radical (unpaired) electrons. The standard InChI is InChI=1S/C23H21N7O/c1-14-12-31-22-8-7-18(10-20(14)22)21-11-23(27-16(3)26-21)25-15(2)17-5-4-6-19(9-17)30-13-24-28-29-30/h4-13,15H,1-3H3,(H,25,26,27)/t15-/m0/s1. The van der Waals surface area contributed by atoms with Crippen LogP contribution in [0.3, 0.4) is 0 Å². The maximum absolute atomic E-state index is 5.57. The molecule has 5 aromatic rings. The third-order valence-electron chi connectivity index (χ3n) is 5.25. The van der Waals surface area contributed by atoms with Crippen LogP contribution in [0.25, 0.3) is 27.9 Å². The summed E-state index contributed by atoms with van der Waals surface area (Å²) >= 11 is 0. The minimum Gasteiger partial charge on any atom is -0.464 e. The highest BCUT2D eigenvalue weighted by Gasteiger charge is 2.12. The summed E-state index contributed by atoms with van der Waals surface area (Å²) in [5, 5.41) is 16.0. The maximum Gasteiger partial charge on any atom is 0.143 e. The second-order valence-corrected chi connectivity index (χ2v) is 7.53. The van der Waals surface area contributed by atoms with E-state index >= 15 is 0 Å². The molecule has 1 N–H and O–H groups in total. The zero-order valence-electron chi connectivity index (χ0n) is 17.4. The van der Waals surface area contributed by atoms with Crippen molar-refractivity contribution in [3.63, 3.8) is 0 Å². The van der Waals surface area contributed by atoms with Gasteiger partial charge in [0.25, 0.3) is 0 Å². The van der Waals surface area contributed by atoms with E-state index in [2.05, 4.69) is 55.9 Å². The zero-order chi connectivity index (χ0) is 21.4. The molecule has 1 atom stereocenters. The van der Waals surface area contributed by atoms with Crippen molar-refractivity contribution in [1.29, 1.82) is 0 Å². The monoisotopic (exact) mass is 411 g/mol. The van der Waals surface area contributed by atoms with E-state index in [9.17, 15) is 0 Å². The molecule has 0 spiro atoms. The van der Waals surface area contributed by atoms with Crippen LogP contribution >= 0.6 is 0 Å². The Hall–Kier alpha value is -4.07. The molecule has 0 bridgehead atoms. The number of nitrogens with one attached hydrogen (secondary N) is 1. The van der Waals surface area contributed by atoms with Gasteiger partial charge in [0.05, 0.1) is 23.7 Å². The smallest absolute Gasteiger partial charge is 0.143 e. The van der Waals surface area contributed by atoms with Gasteiger partial charge in [-0.05, 0) is 72.7 Å². The zero-order valence-corrected chi connectivity index (χ0v) is 17.4. The molecule has 0 fully saturated rings. The Morgan fingerprint density at radius 2 is 1.94 bits per heavy atom. The van der Waals surface area contributed by atoms with Crippen LogP contribution in [0.1, 0.15) is 29.9 Å². The van der Waals surface area contributed by atoms with Gasteiger partial charge in [-0.25, -0.2) is 14.6 Å². The van der Waals surface area contributed by atoms with E-state index in [-0.39, 0.29) is 6.04 Å². The van der Waals surface area contributed by atoms with E-state index in [1.807, 2.05) is 44.2 Å². The van der Waals surface area contributed by atoms with Crippen molar-refractivity contribution in [2.45, 2.75) is 26.8 Å². The normalized spacial score (nSPS) is 12.2. The number of benzene rings is 2. The molecule has 5 rings (SSSR count). The van der Waals surface area contributed by atoms with Gasteiger partial charge >= 0.3 is 0 Å². The molecule has 3 heterocycles. The summed E-state index contributed by atoms with van der Waals surface area (Å²) in [6.45, 7) is 6.04. The van der Waals surface area contributed by atoms with Gasteiger partial charge in [-0.3, -0.25) is 0 Å². The van der Waals surface area contributed by atoms with E-state index in [1.165, 1.54) is 0 Å². The summed E-state index contributed by atoms with van der Waals surface area (Å²) in [5.41, 5.74) is 5.88. The highest BCUT2D eigenvalue weighted by atomic mass is 16.3. The number of nitrogens with zero attached hydrogens (tertiary/aromatic N) is 6. The number of fused-ring (bicyclic) bond motifs is 1. The molecule has 2 aromatic carbocycles. The Morgan fingerprint density at radius 1 is 1.03 bits per heavy atom. The molecular formula is C23H21N7O. The summed E-state index contributed by atoms with van der Waals surface area (Å²) in [7, 11) is 0. The first-order valence-corrected chi connectivity index (χ1v) is 10.0. The number of hydrogen-bond acceptors (Lipinski definition) is 7. The Balaban J connectivity index is 1.44. The summed E-state index contributed by atoms with van der Waals surface area (Å²) in [6, 6.07) is 16.2. The van der Waals surface area contributed by atoms with Crippen molar-refractivity contribution in [3.8, 4) is 16.9 Å². The van der Waals surface area contributed by atoms with Crippen LogP contribution < -0.4 is 5.32 Å². The Labute approximate surface area is 179 Å². The van der Waals surface area contributed by atoms with Crippen molar-refractivity contribution in [2.24, 2.45) is 0 Å². The van der Waals surface area contributed by atoms with Crippen LogP contribution in [0, 0.1) is 13.8 Å². The highest BCUT2D eigenvalue weighted by molar-refractivity contribution is 5.85. The van der Waals surface area contributed by atoms with Crippen molar-refractivity contribution >= 4 is 16.8 Å². The lowest BCUT2D eigenvalue weighted by atomic mass is 10.1. The molecule has 154 valence electrons. The minimum absolute atomic E-state index is 0.0252. The summed E-state index contributed by atoms with van der Waals surface area (Å²) in [6.07, 6.45) is 3.35. The number of hydrogen-bond donors (Lipinski definition) is 1. The highest BCUT2D eigenvalue weighted by Crippen LogP contribution is 2.28. The number of furan rings is 1. The van der Waals surface area contributed by atoms with Crippen LogP contribution in [0.2, 0.25) is 0 Å². The molecule has 3 aromatic heterocycles. The second kappa shape index (κ2) is 7.64. The predicted octanol–water partition coefficient (Wildman–Crippen LogP) is 4.66. The van der Waals surface area contributed by atoms with Gasteiger partial charge < -0.3 is 9.73 Å². The van der Waals surface area contributed by atoms with Gasteiger partial charge in [0.15, 0.2) is 0 Å². The second-order valence-electron chi connectivity index (χ2n) is 7.53. The fraction of sp³-hybridized carbons (Fsp3) is 0.174. The van der Waals surface area contributed by atoms with E-state index < -0.39 is 0 Å². The molecule has 0 aliphatic carbocycles. The first-order chi connectivity index (χ1) is 15.1. The van der Waals surface area contributed by atoms with Crippen LogP contribution in [0.4, 0.5) is 5.82 Å². The Kier molecular flexibility index (Phi) is 4.66. The lowest BCUT2D eigenvalue weighted by Crippen LogP contribution is -2.10. The number of aromatic nitrogens is 6. The van der Waals surface area contributed by atoms with Gasteiger partial charge in [-0.2, -0.15) is 0 Å². The Morgan fingerprint density at radius 3 is 2.77 bits per heavy atom. The van der Waals surface area contributed by atoms with Gasteiger partial charge in [0.2, 0.25) is 0 Å². The average molecular weight is 411 g/mol. The molecule has 0 saturated heterocycles. The van der Waals surface area contributed by atoms with Crippen LogP contribution in [0.5, 0.6) is 0 Å². The third-order valence-corrected chi connectivity index (χ3v) is 5.25. The minimum atomic E-state index is 0.0252. The third kappa shape index (κ3) is 3.75. The first-order valence-electron chi connectivity index (χ1n) is 10.0. The largest absolute Gasteiger partial charge is 0.464 e. The quantitative estimate of drug-likeness (QED) is 0.449. The van der Waals surface area contributed by atoms with Gasteiger partial charge in [0, 0.05) is 17.0 Å². The molecule has 0 aliphatic heterocycles. The van der Waals surface area contributed by atoms with Crippen LogP contribution in [-0.2, 0) is 0 Å². The number of tetrazole rings is 1. The van der Waals surface area contributed by atoms with E-state index in [0.29, 0.717) is 5.82 Å². The van der Waals surface area contributed by atoms with Gasteiger partial charge in [-0.1, -0.05) is 12.1 Å². The van der Waals surface area contributed by atoms with Gasteiger partial charge in [0.1, 0.15) is 23.6 Å². The van der Waals surface area contributed by atoms with Crippen molar-refractivity contribution < 1.29 is 4.42 Å². The van der Waals surface area contributed by atoms with Crippen molar-refractivity contribution in [3.05, 3.63) is 78.1 Å². The van der Waals surface area contributed by atoms with E-state index in [0.717, 1.165) is 44.9 Å². The lowest BCUT2D eigenvalue weighted by Gasteiger charge is -2.17. The molecule has 0 saturated carbocycles. The molecule has 0 unspecified atom stereocenters. The summed E-state index contributed by atoms with van der Waals surface area (Å²) in [5.74, 6) is 1.48. The summed E-state index contributed by atoms with van der Waals surface area (Å²) in [4.78, 5) is 9.23. The number of aryl methyl sites for hydroxylation is 2. The topological polar surface area (TPSA) is 94.6 Å².